The van der Waals surface area contributed by atoms with E-state index < -0.39 is 6.10 Å². The molecule has 35 heavy (non-hydrogen) atoms. The molecule has 4 aromatic heterocycles. The lowest BCUT2D eigenvalue weighted by molar-refractivity contribution is 0.0784. The molecule has 2 aliphatic rings. The summed E-state index contributed by atoms with van der Waals surface area (Å²) in [4.78, 5) is 9.35. The number of aliphatic hydroxyl groups is 1. The van der Waals surface area contributed by atoms with Crippen molar-refractivity contribution in [2.24, 2.45) is 7.05 Å². The number of aromatic nitrogens is 5. The van der Waals surface area contributed by atoms with Crippen LogP contribution < -0.4 is 4.90 Å². The summed E-state index contributed by atoms with van der Waals surface area (Å²) in [7, 11) is 1.89. The fourth-order valence-corrected chi connectivity index (χ4v) is 5.05. The monoisotopic (exact) mass is 470 g/mol. The molecule has 0 aromatic carbocycles. The normalized spacial score (nSPS) is 21.0. The Hall–Kier alpha value is -3.78. The molecule has 0 radical (unpaired) electrons. The van der Waals surface area contributed by atoms with Crippen LogP contribution in [0.3, 0.4) is 0 Å². The second kappa shape index (κ2) is 8.78. The maximum Gasteiger partial charge on any atom is 0.128 e. The molecule has 0 spiro atoms. The zero-order valence-electron chi connectivity index (χ0n) is 19.4. The van der Waals surface area contributed by atoms with E-state index in [2.05, 4.69) is 38.2 Å². The summed E-state index contributed by atoms with van der Waals surface area (Å²) in [5.41, 5.74) is 5.05. The van der Waals surface area contributed by atoms with Gasteiger partial charge in [-0.1, -0.05) is 0 Å². The highest BCUT2D eigenvalue weighted by Gasteiger charge is 2.33. The number of nitrogens with zero attached hydrogens (tertiary/aromatic N) is 8. The predicted octanol–water partition coefficient (Wildman–Crippen LogP) is 1.55. The minimum Gasteiger partial charge on any atom is -0.389 e. The number of rotatable bonds is 4. The third-order valence-corrected chi connectivity index (χ3v) is 6.96. The zero-order valence-corrected chi connectivity index (χ0v) is 19.4. The van der Waals surface area contributed by atoms with Crippen molar-refractivity contribution in [2.45, 2.75) is 12.1 Å². The maximum atomic E-state index is 10.1. The highest BCUT2D eigenvalue weighted by molar-refractivity contribution is 5.87. The highest BCUT2D eigenvalue weighted by Crippen LogP contribution is 2.32. The Bertz CT molecular complexity index is 1400. The quantitative estimate of drug-likeness (QED) is 0.479. The fraction of sp³-hybridized carbons (Fsp3) is 0.360. The van der Waals surface area contributed by atoms with Crippen molar-refractivity contribution in [2.75, 3.05) is 44.3 Å². The molecule has 178 valence electrons. The molecule has 2 saturated heterocycles. The van der Waals surface area contributed by atoms with Crippen LogP contribution in [0.5, 0.6) is 0 Å². The molecule has 2 atom stereocenters. The van der Waals surface area contributed by atoms with E-state index in [0.29, 0.717) is 18.8 Å². The first-order valence-corrected chi connectivity index (χ1v) is 11.7. The standard InChI is InChI=1S/C25H26N8O2/c1-30-13-20(12-28-30)18-8-21(25-19(9-26)11-29-33(25)14-18)17-2-3-24(27-10-17)32-6-4-31(5-7-32)22-15-35-16-23(22)34/h2-3,8,10-14,22-23,34H,4-7,15-16H2,1H3/t22-,23-/m1/s1. The Morgan fingerprint density at radius 3 is 2.51 bits per heavy atom. The molecule has 1 N–H and O–H groups in total. The molecule has 0 amide bonds. The van der Waals surface area contributed by atoms with E-state index in [-0.39, 0.29) is 6.04 Å². The lowest BCUT2D eigenvalue weighted by atomic mass is 10.0. The molecule has 6 rings (SSSR count). The average molecular weight is 471 g/mol. The third kappa shape index (κ3) is 3.93. The Labute approximate surface area is 202 Å². The molecule has 0 saturated carbocycles. The van der Waals surface area contributed by atoms with Crippen molar-refractivity contribution < 1.29 is 9.84 Å². The van der Waals surface area contributed by atoms with E-state index in [1.54, 1.807) is 15.4 Å². The molecule has 6 heterocycles. The molecule has 4 aromatic rings. The number of fused-ring (bicyclic) bond motifs is 1. The zero-order chi connectivity index (χ0) is 23.9. The van der Waals surface area contributed by atoms with E-state index in [0.717, 1.165) is 59.8 Å². The van der Waals surface area contributed by atoms with Crippen LogP contribution in [0.1, 0.15) is 5.56 Å². The van der Waals surface area contributed by atoms with E-state index in [1.165, 1.54) is 0 Å². The van der Waals surface area contributed by atoms with Crippen LogP contribution in [-0.4, -0.2) is 85.9 Å². The summed E-state index contributed by atoms with van der Waals surface area (Å²) in [6.07, 6.45) is 8.76. The largest absolute Gasteiger partial charge is 0.389 e. The predicted molar refractivity (Wildman–Crippen MR) is 130 cm³/mol. The summed E-state index contributed by atoms with van der Waals surface area (Å²) in [6, 6.07) is 8.51. The summed E-state index contributed by atoms with van der Waals surface area (Å²) in [6.45, 7) is 4.44. The van der Waals surface area contributed by atoms with Crippen molar-refractivity contribution in [3.05, 3.63) is 54.7 Å². The molecular formula is C25H26N8O2. The second-order valence-corrected chi connectivity index (χ2v) is 9.11. The fourth-order valence-electron chi connectivity index (χ4n) is 5.05. The molecule has 2 fully saturated rings. The number of anilines is 1. The van der Waals surface area contributed by atoms with Crippen LogP contribution in [0.2, 0.25) is 0 Å². The number of piperazine rings is 1. The van der Waals surface area contributed by atoms with Crippen molar-refractivity contribution in [3.63, 3.8) is 0 Å². The van der Waals surface area contributed by atoms with Gasteiger partial charge in [0.15, 0.2) is 0 Å². The number of pyridine rings is 2. The summed E-state index contributed by atoms with van der Waals surface area (Å²) >= 11 is 0. The Balaban J connectivity index is 1.28. The number of hydrogen-bond donors (Lipinski definition) is 1. The van der Waals surface area contributed by atoms with Gasteiger partial charge in [0.05, 0.1) is 48.8 Å². The number of aliphatic hydroxyl groups excluding tert-OH is 1. The maximum absolute atomic E-state index is 10.1. The smallest absolute Gasteiger partial charge is 0.128 e. The van der Waals surface area contributed by atoms with Gasteiger partial charge in [0, 0.05) is 74.1 Å². The first-order valence-electron chi connectivity index (χ1n) is 11.7. The van der Waals surface area contributed by atoms with Gasteiger partial charge >= 0.3 is 0 Å². The van der Waals surface area contributed by atoms with Crippen LogP contribution in [0.4, 0.5) is 5.82 Å². The van der Waals surface area contributed by atoms with Crippen molar-refractivity contribution in [1.29, 1.82) is 5.26 Å². The number of ether oxygens (including phenoxy) is 1. The number of nitriles is 1. The van der Waals surface area contributed by atoms with Gasteiger partial charge in [0.25, 0.3) is 0 Å². The molecule has 0 bridgehead atoms. The molecule has 10 nitrogen and oxygen atoms in total. The van der Waals surface area contributed by atoms with Crippen LogP contribution in [0, 0.1) is 11.3 Å². The molecule has 10 heteroatoms. The Morgan fingerprint density at radius 2 is 1.86 bits per heavy atom. The second-order valence-electron chi connectivity index (χ2n) is 9.11. The highest BCUT2D eigenvalue weighted by atomic mass is 16.5. The van der Waals surface area contributed by atoms with Gasteiger partial charge in [-0.25, -0.2) is 9.50 Å². The van der Waals surface area contributed by atoms with Crippen LogP contribution >= 0.6 is 0 Å². The Morgan fingerprint density at radius 1 is 1.00 bits per heavy atom. The number of hydrogen-bond acceptors (Lipinski definition) is 8. The summed E-state index contributed by atoms with van der Waals surface area (Å²) in [5.74, 6) is 0.921. The van der Waals surface area contributed by atoms with Crippen molar-refractivity contribution in [3.8, 4) is 28.3 Å². The lowest BCUT2D eigenvalue weighted by Crippen LogP contribution is -2.53. The van der Waals surface area contributed by atoms with Gasteiger partial charge in [-0.3, -0.25) is 9.58 Å². The van der Waals surface area contributed by atoms with Gasteiger partial charge in [0.2, 0.25) is 0 Å². The molecular weight excluding hydrogens is 444 g/mol. The summed E-state index contributed by atoms with van der Waals surface area (Å²) < 4.78 is 8.94. The Kier molecular flexibility index (Phi) is 5.45. The van der Waals surface area contributed by atoms with Gasteiger partial charge in [0.1, 0.15) is 11.9 Å². The first-order chi connectivity index (χ1) is 17.1. The van der Waals surface area contributed by atoms with E-state index in [1.807, 2.05) is 37.9 Å². The number of aryl methyl sites for hydroxylation is 1. The minimum absolute atomic E-state index is 0.0898. The lowest BCUT2D eigenvalue weighted by Gasteiger charge is -2.38. The minimum atomic E-state index is -0.403. The first kappa shape index (κ1) is 21.7. The van der Waals surface area contributed by atoms with Crippen molar-refractivity contribution >= 4 is 11.3 Å². The SMILES string of the molecule is Cn1cc(-c2cc(-c3ccc(N4CCN([C@@H]5COC[C@H]5O)CC4)nc3)c3c(C#N)cnn3c2)cn1. The van der Waals surface area contributed by atoms with Crippen LogP contribution in [0.15, 0.2) is 49.2 Å². The topological polar surface area (TPSA) is 108 Å². The van der Waals surface area contributed by atoms with Crippen molar-refractivity contribution in [1.82, 2.24) is 29.3 Å². The van der Waals surface area contributed by atoms with E-state index in [4.69, 9.17) is 9.72 Å². The molecule has 0 unspecified atom stereocenters. The van der Waals surface area contributed by atoms with Crippen LogP contribution in [-0.2, 0) is 11.8 Å². The average Bonchev–Trinajstić information content (AvgIpc) is 3.63. The van der Waals surface area contributed by atoms with Crippen LogP contribution in [0.25, 0.3) is 27.8 Å². The van der Waals surface area contributed by atoms with Gasteiger partial charge in [-0.15, -0.1) is 0 Å². The van der Waals surface area contributed by atoms with Gasteiger partial charge < -0.3 is 14.7 Å². The van der Waals surface area contributed by atoms with E-state index >= 15 is 0 Å². The van der Waals surface area contributed by atoms with Gasteiger partial charge in [-0.05, 0) is 18.2 Å². The molecule has 2 aliphatic heterocycles. The summed E-state index contributed by atoms with van der Waals surface area (Å²) in [5, 5.41) is 28.5. The van der Waals surface area contributed by atoms with E-state index in [9.17, 15) is 10.4 Å². The third-order valence-electron chi connectivity index (χ3n) is 6.96. The van der Waals surface area contributed by atoms with Gasteiger partial charge in [-0.2, -0.15) is 15.5 Å². The molecule has 0 aliphatic carbocycles.